The molecule has 2 aromatic rings. The summed E-state index contributed by atoms with van der Waals surface area (Å²) in [5.41, 5.74) is 1.18. The number of fused-ring (bicyclic) bond motifs is 1. The molecule has 166 valence electrons. The lowest BCUT2D eigenvalue weighted by Crippen LogP contribution is -2.40. The Morgan fingerprint density at radius 3 is 2.42 bits per heavy atom. The first kappa shape index (κ1) is 22.3. The minimum absolute atomic E-state index is 0.210. The highest BCUT2D eigenvalue weighted by molar-refractivity contribution is 5.92. The zero-order valence-electron chi connectivity index (χ0n) is 18.8. The van der Waals surface area contributed by atoms with E-state index in [-0.39, 0.29) is 11.9 Å². The Morgan fingerprint density at radius 1 is 1.03 bits per heavy atom. The number of amides is 1. The van der Waals surface area contributed by atoms with Gasteiger partial charge in [0.1, 0.15) is 17.1 Å². The van der Waals surface area contributed by atoms with Gasteiger partial charge in [0.25, 0.3) is 0 Å². The number of carbonyl (C=O) groups is 1. The second-order valence-electron chi connectivity index (χ2n) is 7.79. The van der Waals surface area contributed by atoms with E-state index in [2.05, 4.69) is 5.32 Å². The van der Waals surface area contributed by atoms with Crippen LogP contribution in [0.2, 0.25) is 0 Å². The number of methoxy groups -OCH3 is 4. The van der Waals surface area contributed by atoms with Gasteiger partial charge >= 0.3 is 0 Å². The van der Waals surface area contributed by atoms with Gasteiger partial charge in [0.2, 0.25) is 11.7 Å². The number of ether oxygens (including phenoxy) is 5. The summed E-state index contributed by atoms with van der Waals surface area (Å²) in [7, 11) is 6.26. The second kappa shape index (κ2) is 9.20. The number of benzene rings is 2. The summed E-state index contributed by atoms with van der Waals surface area (Å²) in [6.07, 6.45) is 3.80. The smallest absolute Gasteiger partial charge is 0.244 e. The van der Waals surface area contributed by atoms with Crippen LogP contribution in [0.15, 0.2) is 36.4 Å². The van der Waals surface area contributed by atoms with E-state index in [1.54, 1.807) is 40.6 Å². The molecule has 0 bridgehead atoms. The molecule has 0 radical (unpaired) electrons. The maximum Gasteiger partial charge on any atom is 0.244 e. The molecule has 1 heterocycles. The van der Waals surface area contributed by atoms with Gasteiger partial charge in [-0.15, -0.1) is 0 Å². The molecular formula is C24H29NO6. The predicted molar refractivity (Wildman–Crippen MR) is 118 cm³/mol. The fourth-order valence-corrected chi connectivity index (χ4v) is 3.73. The van der Waals surface area contributed by atoms with E-state index in [1.807, 2.05) is 38.1 Å². The van der Waals surface area contributed by atoms with Crippen molar-refractivity contribution in [2.45, 2.75) is 31.9 Å². The van der Waals surface area contributed by atoms with Crippen LogP contribution in [0.3, 0.4) is 0 Å². The maximum absolute atomic E-state index is 12.8. The average Bonchev–Trinajstić information content (AvgIpc) is 2.75. The minimum Gasteiger partial charge on any atom is -0.497 e. The van der Waals surface area contributed by atoms with E-state index in [0.29, 0.717) is 35.0 Å². The molecule has 1 N–H and O–H groups in total. The van der Waals surface area contributed by atoms with Crippen molar-refractivity contribution in [1.82, 2.24) is 5.32 Å². The van der Waals surface area contributed by atoms with Crippen molar-refractivity contribution in [2.75, 3.05) is 28.4 Å². The van der Waals surface area contributed by atoms with Gasteiger partial charge in [0.15, 0.2) is 11.5 Å². The number of hydrogen-bond acceptors (Lipinski definition) is 6. The van der Waals surface area contributed by atoms with Gasteiger partial charge in [0, 0.05) is 23.6 Å². The fourth-order valence-electron chi connectivity index (χ4n) is 3.73. The zero-order valence-corrected chi connectivity index (χ0v) is 18.8. The Morgan fingerprint density at radius 2 is 1.77 bits per heavy atom. The normalized spacial score (nSPS) is 16.8. The fraction of sp³-hybridized carbons (Fsp3) is 0.375. The van der Waals surface area contributed by atoms with Crippen LogP contribution in [0.5, 0.6) is 28.7 Å². The molecule has 0 fully saturated rings. The molecule has 7 heteroatoms. The molecule has 0 spiro atoms. The van der Waals surface area contributed by atoms with Crippen molar-refractivity contribution in [3.63, 3.8) is 0 Å². The molecular weight excluding hydrogens is 398 g/mol. The third-order valence-electron chi connectivity index (χ3n) is 5.14. The summed E-state index contributed by atoms with van der Waals surface area (Å²) in [4.78, 5) is 12.8. The first-order valence-corrected chi connectivity index (χ1v) is 9.96. The standard InChI is InChI=1S/C24H29NO6/c1-24(2)14-18(17-13-16(27-3)9-11-19(17)31-24)25-21(26)12-8-15-7-10-20(28-4)23(30-6)22(15)29-5/h7-13,18H,14H2,1-6H3,(H,25,26)/b12-8+. The first-order chi connectivity index (χ1) is 14.8. The molecule has 2 aromatic carbocycles. The van der Waals surface area contributed by atoms with E-state index in [9.17, 15) is 4.79 Å². The highest BCUT2D eigenvalue weighted by Gasteiger charge is 2.34. The van der Waals surface area contributed by atoms with Crippen LogP contribution in [0.4, 0.5) is 0 Å². The van der Waals surface area contributed by atoms with Crippen molar-refractivity contribution in [3.05, 3.63) is 47.5 Å². The van der Waals surface area contributed by atoms with E-state index in [0.717, 1.165) is 11.3 Å². The quantitative estimate of drug-likeness (QED) is 0.669. The Bertz CT molecular complexity index is 982. The lowest BCUT2D eigenvalue weighted by molar-refractivity contribution is -0.117. The average molecular weight is 427 g/mol. The molecule has 7 nitrogen and oxygen atoms in total. The van der Waals surface area contributed by atoms with Gasteiger partial charge < -0.3 is 29.0 Å². The Hall–Kier alpha value is -3.35. The molecule has 31 heavy (non-hydrogen) atoms. The molecule has 0 aliphatic carbocycles. The third kappa shape index (κ3) is 4.87. The number of rotatable bonds is 7. The van der Waals surface area contributed by atoms with Crippen molar-refractivity contribution in [1.29, 1.82) is 0 Å². The van der Waals surface area contributed by atoms with Gasteiger partial charge in [0.05, 0.1) is 34.5 Å². The van der Waals surface area contributed by atoms with E-state index in [1.165, 1.54) is 6.08 Å². The van der Waals surface area contributed by atoms with Crippen molar-refractivity contribution in [2.24, 2.45) is 0 Å². The van der Waals surface area contributed by atoms with E-state index in [4.69, 9.17) is 23.7 Å². The summed E-state index contributed by atoms with van der Waals surface area (Å²) in [5.74, 6) is 2.75. The topological polar surface area (TPSA) is 75.3 Å². The van der Waals surface area contributed by atoms with Gasteiger partial charge in [-0.2, -0.15) is 0 Å². The molecule has 3 rings (SSSR count). The molecule has 0 saturated heterocycles. The monoisotopic (exact) mass is 427 g/mol. The van der Waals surface area contributed by atoms with Crippen LogP contribution >= 0.6 is 0 Å². The van der Waals surface area contributed by atoms with Crippen LogP contribution in [-0.4, -0.2) is 39.9 Å². The van der Waals surface area contributed by atoms with Crippen LogP contribution in [0.1, 0.15) is 37.4 Å². The van der Waals surface area contributed by atoms with Gasteiger partial charge in [-0.05, 0) is 50.3 Å². The number of carbonyl (C=O) groups excluding carboxylic acids is 1. The Labute approximate surface area is 182 Å². The molecule has 0 aromatic heterocycles. The lowest BCUT2D eigenvalue weighted by Gasteiger charge is -2.37. The van der Waals surface area contributed by atoms with Crippen molar-refractivity contribution >= 4 is 12.0 Å². The summed E-state index contributed by atoms with van der Waals surface area (Å²) in [6.45, 7) is 4.01. The zero-order chi connectivity index (χ0) is 22.6. The predicted octanol–water partition coefficient (Wildman–Crippen LogP) is 4.15. The van der Waals surface area contributed by atoms with Gasteiger partial charge in [-0.3, -0.25) is 4.79 Å². The summed E-state index contributed by atoms with van der Waals surface area (Å²) >= 11 is 0. The van der Waals surface area contributed by atoms with Crippen molar-refractivity contribution < 1.29 is 28.5 Å². The number of nitrogens with one attached hydrogen (secondary N) is 1. The molecule has 1 aliphatic rings. The summed E-state index contributed by atoms with van der Waals surface area (Å²) in [6, 6.07) is 8.99. The van der Waals surface area contributed by atoms with E-state index >= 15 is 0 Å². The second-order valence-corrected chi connectivity index (χ2v) is 7.79. The van der Waals surface area contributed by atoms with Gasteiger partial charge in [-0.25, -0.2) is 0 Å². The Balaban J connectivity index is 1.84. The summed E-state index contributed by atoms with van der Waals surface area (Å²) < 4.78 is 27.6. The van der Waals surface area contributed by atoms with Gasteiger partial charge in [-0.1, -0.05) is 0 Å². The van der Waals surface area contributed by atoms with Crippen LogP contribution < -0.4 is 29.0 Å². The SMILES string of the molecule is COc1ccc2c(c1)C(NC(=O)/C=C/c1ccc(OC)c(OC)c1OC)CC(C)(C)O2. The largest absolute Gasteiger partial charge is 0.497 e. The van der Waals surface area contributed by atoms with E-state index < -0.39 is 5.60 Å². The van der Waals surface area contributed by atoms with Crippen LogP contribution in [0, 0.1) is 0 Å². The molecule has 1 aliphatic heterocycles. The molecule has 1 amide bonds. The van der Waals surface area contributed by atoms with Crippen molar-refractivity contribution in [3.8, 4) is 28.7 Å². The highest BCUT2D eigenvalue weighted by Crippen LogP contribution is 2.42. The number of hydrogen-bond donors (Lipinski definition) is 1. The van der Waals surface area contributed by atoms with Crippen LogP contribution in [-0.2, 0) is 4.79 Å². The Kier molecular flexibility index (Phi) is 6.63. The molecule has 1 unspecified atom stereocenters. The molecule has 1 atom stereocenters. The minimum atomic E-state index is -0.407. The highest BCUT2D eigenvalue weighted by atomic mass is 16.5. The lowest BCUT2D eigenvalue weighted by atomic mass is 9.89. The maximum atomic E-state index is 12.8. The first-order valence-electron chi connectivity index (χ1n) is 9.96. The van der Waals surface area contributed by atoms with Crippen LogP contribution in [0.25, 0.3) is 6.08 Å². The molecule has 0 saturated carbocycles. The third-order valence-corrected chi connectivity index (χ3v) is 5.14. The summed E-state index contributed by atoms with van der Waals surface area (Å²) in [5, 5.41) is 3.08.